The summed E-state index contributed by atoms with van der Waals surface area (Å²) in [7, 11) is 0. The second kappa shape index (κ2) is 7.48. The third-order valence-electron chi connectivity index (χ3n) is 3.34. The van der Waals surface area contributed by atoms with Gasteiger partial charge >= 0.3 is 0 Å². The van der Waals surface area contributed by atoms with Gasteiger partial charge < -0.3 is 5.32 Å². The van der Waals surface area contributed by atoms with E-state index in [0.717, 1.165) is 11.1 Å². The van der Waals surface area contributed by atoms with E-state index in [1.807, 2.05) is 37.3 Å². The number of carbonyl (C=O) groups is 1. The number of hydrogen-bond donors (Lipinski definition) is 1. The van der Waals surface area contributed by atoms with E-state index in [1.165, 1.54) is 0 Å². The summed E-state index contributed by atoms with van der Waals surface area (Å²) >= 11 is 12.2. The lowest BCUT2D eigenvalue weighted by Gasteiger charge is -2.14. The van der Waals surface area contributed by atoms with Crippen LogP contribution in [-0.2, 0) is 11.2 Å². The van der Waals surface area contributed by atoms with Crippen LogP contribution in [0.5, 0.6) is 0 Å². The molecule has 0 spiro atoms. The molecule has 2 aromatic carbocycles. The first-order valence-electron chi connectivity index (χ1n) is 6.85. The van der Waals surface area contributed by atoms with Crippen LogP contribution in [0.4, 0.5) is 0 Å². The first-order valence-corrected chi connectivity index (χ1v) is 7.60. The minimum atomic E-state index is -0.0135. The van der Waals surface area contributed by atoms with E-state index >= 15 is 0 Å². The molecule has 1 amide bonds. The maximum Gasteiger partial charge on any atom is 0.220 e. The molecule has 0 fully saturated rings. The van der Waals surface area contributed by atoms with Crippen molar-refractivity contribution in [1.29, 1.82) is 0 Å². The van der Waals surface area contributed by atoms with Gasteiger partial charge in [0.15, 0.2) is 0 Å². The standard InChI is InChI=1S/C17H17Cl2NO/c1-12(13-6-3-2-4-7-13)20-17(21)11-10-14-15(18)8-5-9-16(14)19/h2-9,12H,10-11H2,1H3,(H,20,21). The fourth-order valence-electron chi connectivity index (χ4n) is 2.15. The Morgan fingerprint density at radius 3 is 2.29 bits per heavy atom. The zero-order chi connectivity index (χ0) is 15.2. The van der Waals surface area contributed by atoms with Crippen molar-refractivity contribution >= 4 is 29.1 Å². The second-order valence-electron chi connectivity index (χ2n) is 4.90. The second-order valence-corrected chi connectivity index (χ2v) is 5.71. The molecule has 0 aliphatic carbocycles. The van der Waals surface area contributed by atoms with Gasteiger partial charge in [-0.25, -0.2) is 0 Å². The van der Waals surface area contributed by atoms with Gasteiger partial charge in [-0.15, -0.1) is 0 Å². The highest BCUT2D eigenvalue weighted by atomic mass is 35.5. The first kappa shape index (κ1) is 15.9. The molecule has 0 aliphatic heterocycles. The molecule has 2 nitrogen and oxygen atoms in total. The monoisotopic (exact) mass is 321 g/mol. The van der Waals surface area contributed by atoms with Gasteiger partial charge in [-0.2, -0.15) is 0 Å². The molecular weight excluding hydrogens is 305 g/mol. The lowest BCUT2D eigenvalue weighted by molar-refractivity contribution is -0.121. The molecule has 0 saturated heterocycles. The Morgan fingerprint density at radius 2 is 1.67 bits per heavy atom. The van der Waals surface area contributed by atoms with E-state index in [-0.39, 0.29) is 11.9 Å². The number of benzene rings is 2. The Labute approximate surface area is 135 Å². The highest BCUT2D eigenvalue weighted by molar-refractivity contribution is 6.36. The number of hydrogen-bond acceptors (Lipinski definition) is 1. The van der Waals surface area contributed by atoms with Gasteiger partial charge in [0.1, 0.15) is 0 Å². The first-order chi connectivity index (χ1) is 10.1. The van der Waals surface area contributed by atoms with Crippen LogP contribution in [0.25, 0.3) is 0 Å². The van der Waals surface area contributed by atoms with Crippen LogP contribution in [0, 0.1) is 0 Å². The van der Waals surface area contributed by atoms with Crippen molar-refractivity contribution in [3.8, 4) is 0 Å². The number of carbonyl (C=O) groups excluding carboxylic acids is 1. The molecule has 0 aromatic heterocycles. The van der Waals surface area contributed by atoms with E-state index in [1.54, 1.807) is 18.2 Å². The smallest absolute Gasteiger partial charge is 0.220 e. The SMILES string of the molecule is CC(NC(=O)CCc1c(Cl)cccc1Cl)c1ccccc1. The molecule has 1 N–H and O–H groups in total. The Morgan fingerprint density at radius 1 is 1.05 bits per heavy atom. The fourth-order valence-corrected chi connectivity index (χ4v) is 2.73. The predicted octanol–water partition coefficient (Wildman–Crippen LogP) is 4.80. The topological polar surface area (TPSA) is 29.1 Å². The number of amides is 1. The Balaban J connectivity index is 1.91. The molecule has 0 bridgehead atoms. The van der Waals surface area contributed by atoms with Crippen molar-refractivity contribution in [3.05, 3.63) is 69.7 Å². The number of halogens is 2. The van der Waals surface area contributed by atoms with Crippen molar-refractivity contribution < 1.29 is 4.79 Å². The normalized spacial score (nSPS) is 12.0. The average Bonchev–Trinajstić information content (AvgIpc) is 2.47. The van der Waals surface area contributed by atoms with E-state index in [9.17, 15) is 4.79 Å². The highest BCUT2D eigenvalue weighted by Crippen LogP contribution is 2.25. The minimum Gasteiger partial charge on any atom is -0.350 e. The van der Waals surface area contributed by atoms with E-state index in [0.29, 0.717) is 22.9 Å². The van der Waals surface area contributed by atoms with Gasteiger partial charge in [-0.1, -0.05) is 59.6 Å². The van der Waals surface area contributed by atoms with Crippen molar-refractivity contribution in [2.24, 2.45) is 0 Å². The quantitative estimate of drug-likeness (QED) is 0.841. The predicted molar refractivity (Wildman–Crippen MR) is 87.8 cm³/mol. The Hall–Kier alpha value is -1.51. The van der Waals surface area contributed by atoms with Gasteiger partial charge in [0.25, 0.3) is 0 Å². The summed E-state index contributed by atoms with van der Waals surface area (Å²) in [5.41, 5.74) is 1.91. The molecule has 1 unspecified atom stereocenters. The fraction of sp³-hybridized carbons (Fsp3) is 0.235. The summed E-state index contributed by atoms with van der Waals surface area (Å²) in [4.78, 5) is 12.0. The molecule has 2 aromatic rings. The van der Waals surface area contributed by atoms with Crippen molar-refractivity contribution in [2.45, 2.75) is 25.8 Å². The molecule has 2 rings (SSSR count). The zero-order valence-electron chi connectivity index (χ0n) is 11.8. The van der Waals surface area contributed by atoms with Gasteiger partial charge in [-0.05, 0) is 36.6 Å². The van der Waals surface area contributed by atoms with Crippen LogP contribution in [-0.4, -0.2) is 5.91 Å². The zero-order valence-corrected chi connectivity index (χ0v) is 13.3. The maximum absolute atomic E-state index is 12.0. The highest BCUT2D eigenvalue weighted by Gasteiger charge is 2.11. The molecule has 1 atom stereocenters. The summed E-state index contributed by atoms with van der Waals surface area (Å²) < 4.78 is 0. The summed E-state index contributed by atoms with van der Waals surface area (Å²) in [5, 5.41) is 4.19. The van der Waals surface area contributed by atoms with E-state index in [4.69, 9.17) is 23.2 Å². The van der Waals surface area contributed by atoms with Crippen LogP contribution in [0.1, 0.15) is 30.5 Å². The van der Waals surface area contributed by atoms with Gasteiger partial charge in [-0.3, -0.25) is 4.79 Å². The molecule has 4 heteroatoms. The summed E-state index contributed by atoms with van der Waals surface area (Å²) in [6.07, 6.45) is 0.895. The molecule has 110 valence electrons. The molecular formula is C17H17Cl2NO. The van der Waals surface area contributed by atoms with E-state index < -0.39 is 0 Å². The maximum atomic E-state index is 12.0. The molecule has 0 radical (unpaired) electrons. The van der Waals surface area contributed by atoms with Crippen LogP contribution in [0.15, 0.2) is 48.5 Å². The molecule has 21 heavy (non-hydrogen) atoms. The third kappa shape index (κ3) is 4.48. The van der Waals surface area contributed by atoms with Crippen molar-refractivity contribution in [1.82, 2.24) is 5.32 Å². The third-order valence-corrected chi connectivity index (χ3v) is 4.05. The van der Waals surface area contributed by atoms with Crippen LogP contribution in [0.2, 0.25) is 10.0 Å². The van der Waals surface area contributed by atoms with Crippen LogP contribution < -0.4 is 5.32 Å². The largest absolute Gasteiger partial charge is 0.350 e. The number of nitrogens with one attached hydrogen (secondary N) is 1. The van der Waals surface area contributed by atoms with Crippen molar-refractivity contribution in [3.63, 3.8) is 0 Å². The van der Waals surface area contributed by atoms with Crippen LogP contribution in [0.3, 0.4) is 0 Å². The molecule has 0 heterocycles. The van der Waals surface area contributed by atoms with E-state index in [2.05, 4.69) is 5.32 Å². The van der Waals surface area contributed by atoms with Gasteiger partial charge in [0.05, 0.1) is 6.04 Å². The van der Waals surface area contributed by atoms with Crippen LogP contribution >= 0.6 is 23.2 Å². The van der Waals surface area contributed by atoms with Crippen molar-refractivity contribution in [2.75, 3.05) is 0 Å². The lowest BCUT2D eigenvalue weighted by Crippen LogP contribution is -2.26. The average molecular weight is 322 g/mol. The lowest BCUT2D eigenvalue weighted by atomic mass is 10.1. The summed E-state index contributed by atoms with van der Waals surface area (Å²) in [5.74, 6) is -0.0117. The minimum absolute atomic E-state index is 0.0117. The summed E-state index contributed by atoms with van der Waals surface area (Å²) in [6, 6.07) is 15.2. The Kier molecular flexibility index (Phi) is 5.66. The summed E-state index contributed by atoms with van der Waals surface area (Å²) in [6.45, 7) is 1.97. The molecule has 0 aliphatic rings. The van der Waals surface area contributed by atoms with Gasteiger partial charge in [0, 0.05) is 16.5 Å². The number of rotatable bonds is 5. The molecule has 0 saturated carbocycles. The van der Waals surface area contributed by atoms with Gasteiger partial charge in [0.2, 0.25) is 5.91 Å². The Bertz CT molecular complexity index is 593.